The standard InChI is InChI=1S/C15H21N5O/c1-11-9-17-12(2)20(11)13-5-4-7-19(10-13)15(21)14-16-6-8-18(14)3/h6,8-9,13H,4-5,7,10H2,1-3H3. The second-order valence-corrected chi connectivity index (χ2v) is 5.73. The van der Waals surface area contributed by atoms with Crippen molar-refractivity contribution in [2.24, 2.45) is 7.05 Å². The lowest BCUT2D eigenvalue weighted by molar-refractivity contribution is 0.0661. The predicted molar refractivity (Wildman–Crippen MR) is 79.1 cm³/mol. The van der Waals surface area contributed by atoms with Gasteiger partial charge in [0.15, 0.2) is 5.82 Å². The van der Waals surface area contributed by atoms with Crippen molar-refractivity contribution >= 4 is 5.91 Å². The summed E-state index contributed by atoms with van der Waals surface area (Å²) in [5, 5.41) is 0. The third kappa shape index (κ3) is 2.46. The molecule has 0 spiro atoms. The first kappa shape index (κ1) is 13.9. The molecule has 2 aromatic heterocycles. The largest absolute Gasteiger partial charge is 0.334 e. The number of imidazole rings is 2. The van der Waals surface area contributed by atoms with Crippen molar-refractivity contribution < 1.29 is 4.79 Å². The van der Waals surface area contributed by atoms with E-state index in [0.29, 0.717) is 11.9 Å². The highest BCUT2D eigenvalue weighted by atomic mass is 16.2. The minimum absolute atomic E-state index is 0.0163. The Morgan fingerprint density at radius 1 is 1.33 bits per heavy atom. The van der Waals surface area contributed by atoms with Gasteiger partial charge < -0.3 is 14.0 Å². The van der Waals surface area contributed by atoms with Crippen LogP contribution in [-0.2, 0) is 7.05 Å². The third-order valence-electron chi connectivity index (χ3n) is 4.23. The maximum absolute atomic E-state index is 12.6. The molecule has 1 saturated heterocycles. The number of carbonyl (C=O) groups excluding carboxylic acids is 1. The van der Waals surface area contributed by atoms with Crippen LogP contribution in [0.25, 0.3) is 0 Å². The van der Waals surface area contributed by atoms with Crippen LogP contribution < -0.4 is 0 Å². The zero-order chi connectivity index (χ0) is 15.0. The van der Waals surface area contributed by atoms with Gasteiger partial charge in [0.1, 0.15) is 5.82 Å². The van der Waals surface area contributed by atoms with Gasteiger partial charge >= 0.3 is 0 Å². The fourth-order valence-electron chi connectivity index (χ4n) is 3.18. The summed E-state index contributed by atoms with van der Waals surface area (Å²) in [7, 11) is 1.85. The number of carbonyl (C=O) groups is 1. The van der Waals surface area contributed by atoms with Crippen LogP contribution >= 0.6 is 0 Å². The van der Waals surface area contributed by atoms with Crippen LogP contribution in [0.3, 0.4) is 0 Å². The molecule has 1 aliphatic heterocycles. The van der Waals surface area contributed by atoms with Crippen molar-refractivity contribution in [1.29, 1.82) is 0 Å². The van der Waals surface area contributed by atoms with E-state index < -0.39 is 0 Å². The molecule has 0 saturated carbocycles. The average molecular weight is 287 g/mol. The van der Waals surface area contributed by atoms with Crippen LogP contribution in [0.15, 0.2) is 18.6 Å². The van der Waals surface area contributed by atoms with E-state index in [-0.39, 0.29) is 5.91 Å². The smallest absolute Gasteiger partial charge is 0.289 e. The van der Waals surface area contributed by atoms with Gasteiger partial charge in [-0.25, -0.2) is 9.97 Å². The van der Waals surface area contributed by atoms with Crippen molar-refractivity contribution in [3.05, 3.63) is 35.9 Å². The number of hydrogen-bond acceptors (Lipinski definition) is 3. The Kier molecular flexibility index (Phi) is 3.53. The highest BCUT2D eigenvalue weighted by molar-refractivity contribution is 5.90. The molecule has 3 rings (SSSR count). The second kappa shape index (κ2) is 5.35. The van der Waals surface area contributed by atoms with Crippen molar-refractivity contribution in [3.63, 3.8) is 0 Å². The molecule has 1 amide bonds. The molecule has 1 fully saturated rings. The molecular formula is C15H21N5O. The number of hydrogen-bond donors (Lipinski definition) is 0. The van der Waals surface area contributed by atoms with E-state index in [9.17, 15) is 4.79 Å². The molecule has 3 heterocycles. The third-order valence-corrected chi connectivity index (χ3v) is 4.23. The lowest BCUT2D eigenvalue weighted by Gasteiger charge is -2.34. The van der Waals surface area contributed by atoms with Gasteiger partial charge in [-0.05, 0) is 26.7 Å². The second-order valence-electron chi connectivity index (χ2n) is 5.73. The Morgan fingerprint density at radius 2 is 2.14 bits per heavy atom. The SMILES string of the molecule is Cc1cnc(C)n1C1CCCN(C(=O)c2nccn2C)C1. The monoisotopic (exact) mass is 287 g/mol. The summed E-state index contributed by atoms with van der Waals surface area (Å²) in [6, 6.07) is 0.311. The summed E-state index contributed by atoms with van der Waals surface area (Å²) in [5.41, 5.74) is 1.16. The van der Waals surface area contributed by atoms with Crippen LogP contribution in [0.5, 0.6) is 0 Å². The van der Waals surface area contributed by atoms with Gasteiger partial charge in [-0.15, -0.1) is 0 Å². The first-order valence-corrected chi connectivity index (χ1v) is 7.35. The molecule has 0 aromatic carbocycles. The highest BCUT2D eigenvalue weighted by Gasteiger charge is 2.28. The van der Waals surface area contributed by atoms with E-state index >= 15 is 0 Å². The van der Waals surface area contributed by atoms with Gasteiger partial charge in [-0.3, -0.25) is 4.79 Å². The van der Waals surface area contributed by atoms with Gasteiger partial charge in [0.05, 0.1) is 6.04 Å². The molecule has 0 N–H and O–H groups in total. The molecule has 2 aromatic rings. The molecule has 1 aliphatic rings. The summed E-state index contributed by atoms with van der Waals surface area (Å²) < 4.78 is 4.03. The number of aromatic nitrogens is 4. The van der Waals surface area contributed by atoms with Crippen LogP contribution in [-0.4, -0.2) is 43.0 Å². The minimum atomic E-state index is 0.0163. The first-order valence-electron chi connectivity index (χ1n) is 7.35. The first-order chi connectivity index (χ1) is 10.1. The Bertz CT molecular complexity index is 637. The molecule has 0 radical (unpaired) electrons. The molecule has 112 valence electrons. The van der Waals surface area contributed by atoms with Crippen LogP contribution in [0.4, 0.5) is 0 Å². The fourth-order valence-corrected chi connectivity index (χ4v) is 3.18. The summed E-state index contributed by atoms with van der Waals surface area (Å²) >= 11 is 0. The average Bonchev–Trinajstić information content (AvgIpc) is 3.04. The van der Waals surface area contributed by atoms with Gasteiger partial charge in [-0.1, -0.05) is 0 Å². The Morgan fingerprint density at radius 3 is 2.76 bits per heavy atom. The van der Waals surface area contributed by atoms with E-state index in [2.05, 4.69) is 21.5 Å². The number of rotatable bonds is 2. The predicted octanol–water partition coefficient (Wildman–Crippen LogP) is 1.71. The van der Waals surface area contributed by atoms with Gasteiger partial charge in [-0.2, -0.15) is 0 Å². The Hall–Kier alpha value is -2.11. The number of amides is 1. The highest BCUT2D eigenvalue weighted by Crippen LogP contribution is 2.25. The fraction of sp³-hybridized carbons (Fsp3) is 0.533. The summed E-state index contributed by atoms with van der Waals surface area (Å²) in [4.78, 5) is 23.0. The number of likely N-dealkylation sites (tertiary alicyclic amines) is 1. The minimum Gasteiger partial charge on any atom is -0.334 e. The number of piperidine rings is 1. The number of nitrogens with zero attached hydrogens (tertiary/aromatic N) is 5. The molecule has 6 heteroatoms. The van der Waals surface area contributed by atoms with Gasteiger partial charge in [0.2, 0.25) is 0 Å². The molecule has 1 unspecified atom stereocenters. The van der Waals surface area contributed by atoms with Crippen LogP contribution in [0.1, 0.15) is 41.0 Å². The maximum Gasteiger partial charge on any atom is 0.289 e. The maximum atomic E-state index is 12.6. The quantitative estimate of drug-likeness (QED) is 0.845. The molecule has 0 bridgehead atoms. The molecule has 21 heavy (non-hydrogen) atoms. The summed E-state index contributed by atoms with van der Waals surface area (Å²) in [6.07, 6.45) is 7.47. The van der Waals surface area contributed by atoms with Gasteiger partial charge in [0, 0.05) is 44.4 Å². The van der Waals surface area contributed by atoms with E-state index in [1.807, 2.05) is 25.1 Å². The van der Waals surface area contributed by atoms with Crippen molar-refractivity contribution in [2.75, 3.05) is 13.1 Å². The van der Waals surface area contributed by atoms with Gasteiger partial charge in [0.25, 0.3) is 5.91 Å². The Balaban J connectivity index is 1.80. The normalized spacial score (nSPS) is 19.0. The lowest BCUT2D eigenvalue weighted by Crippen LogP contribution is -2.42. The number of aryl methyl sites for hydroxylation is 3. The van der Waals surface area contributed by atoms with Crippen molar-refractivity contribution in [1.82, 2.24) is 24.0 Å². The molecule has 0 aliphatic carbocycles. The van der Waals surface area contributed by atoms with Crippen molar-refractivity contribution in [3.8, 4) is 0 Å². The van der Waals surface area contributed by atoms with Crippen molar-refractivity contribution in [2.45, 2.75) is 32.7 Å². The summed E-state index contributed by atoms with van der Waals surface area (Å²) in [6.45, 7) is 5.62. The molecular weight excluding hydrogens is 266 g/mol. The van der Waals surface area contributed by atoms with E-state index in [1.165, 1.54) is 0 Å². The van der Waals surface area contributed by atoms with E-state index in [4.69, 9.17) is 0 Å². The zero-order valence-corrected chi connectivity index (χ0v) is 12.8. The molecule has 6 nitrogen and oxygen atoms in total. The summed E-state index contributed by atoms with van der Waals surface area (Å²) in [5.74, 6) is 1.54. The Labute approximate surface area is 124 Å². The topological polar surface area (TPSA) is 56.0 Å². The van der Waals surface area contributed by atoms with E-state index in [1.54, 1.807) is 17.0 Å². The molecule has 1 atom stereocenters. The zero-order valence-electron chi connectivity index (χ0n) is 12.8. The van der Waals surface area contributed by atoms with E-state index in [0.717, 1.165) is 37.4 Å². The lowest BCUT2D eigenvalue weighted by atomic mass is 10.0. The van der Waals surface area contributed by atoms with Crippen LogP contribution in [0.2, 0.25) is 0 Å². The van der Waals surface area contributed by atoms with Crippen LogP contribution in [0, 0.1) is 13.8 Å².